The normalized spacial score (nSPS) is 27.5. The Bertz CT molecular complexity index is 761. The lowest BCUT2D eigenvalue weighted by Crippen LogP contribution is -2.40. The highest BCUT2D eigenvalue weighted by molar-refractivity contribution is 7.86. The van der Waals surface area contributed by atoms with E-state index in [0.29, 0.717) is 0 Å². The SMILES string of the molecule is CS(=O)(=O)OC[C@H]1O[C@@H](O)[C@H](OS(C)(=O)=O)[C@H]1OCc1ccccc1. The Morgan fingerprint density at radius 3 is 2.24 bits per heavy atom. The Balaban J connectivity index is 2.13. The third kappa shape index (κ3) is 6.62. The molecule has 0 radical (unpaired) electrons. The number of hydrogen-bond acceptors (Lipinski definition) is 9. The fourth-order valence-corrected chi connectivity index (χ4v) is 3.30. The summed E-state index contributed by atoms with van der Waals surface area (Å²) in [5, 5.41) is 9.92. The van der Waals surface area contributed by atoms with E-state index >= 15 is 0 Å². The lowest BCUT2D eigenvalue weighted by molar-refractivity contribution is -0.125. The zero-order valence-corrected chi connectivity index (χ0v) is 15.3. The largest absolute Gasteiger partial charge is 0.368 e. The van der Waals surface area contributed by atoms with Gasteiger partial charge in [0.1, 0.15) is 12.2 Å². The van der Waals surface area contributed by atoms with Crippen molar-refractivity contribution in [3.63, 3.8) is 0 Å². The van der Waals surface area contributed by atoms with E-state index in [0.717, 1.165) is 18.1 Å². The standard InChI is InChI=1S/C14H20O9S2/c1-24(16,17)21-9-11-12(20-8-10-6-4-3-5-7-10)13(14(15)22-11)23-25(2,18)19/h3-7,11-15H,8-9H2,1-2H3/t11-,12+,13-,14-/m1/s1. The Hall–Kier alpha value is -1.08. The monoisotopic (exact) mass is 396 g/mol. The summed E-state index contributed by atoms with van der Waals surface area (Å²) in [5.41, 5.74) is 0.796. The Morgan fingerprint density at radius 1 is 1.04 bits per heavy atom. The van der Waals surface area contributed by atoms with Crippen LogP contribution in [0.25, 0.3) is 0 Å². The van der Waals surface area contributed by atoms with E-state index in [2.05, 4.69) is 4.18 Å². The molecule has 0 spiro atoms. The van der Waals surface area contributed by atoms with Gasteiger partial charge >= 0.3 is 0 Å². The summed E-state index contributed by atoms with van der Waals surface area (Å²) >= 11 is 0. The molecule has 0 bridgehead atoms. The van der Waals surface area contributed by atoms with Gasteiger partial charge in [0.05, 0.1) is 25.7 Å². The van der Waals surface area contributed by atoms with Crippen LogP contribution in [0.4, 0.5) is 0 Å². The van der Waals surface area contributed by atoms with Crippen LogP contribution in [0.5, 0.6) is 0 Å². The topological polar surface area (TPSA) is 125 Å². The maximum atomic E-state index is 11.4. The van der Waals surface area contributed by atoms with E-state index in [1.165, 1.54) is 0 Å². The first-order valence-electron chi connectivity index (χ1n) is 7.27. The molecule has 1 N–H and O–H groups in total. The second-order valence-electron chi connectivity index (χ2n) is 5.58. The van der Waals surface area contributed by atoms with Gasteiger partial charge in [-0.15, -0.1) is 0 Å². The zero-order valence-electron chi connectivity index (χ0n) is 13.6. The second kappa shape index (κ2) is 8.08. The van der Waals surface area contributed by atoms with Crippen LogP contribution in [0.3, 0.4) is 0 Å². The highest BCUT2D eigenvalue weighted by Gasteiger charge is 2.48. The molecule has 0 aliphatic carbocycles. The lowest BCUT2D eigenvalue weighted by atomic mass is 10.1. The summed E-state index contributed by atoms with van der Waals surface area (Å²) in [6.45, 7) is -0.362. The molecule has 1 heterocycles. The minimum Gasteiger partial charge on any atom is -0.368 e. The number of ether oxygens (including phenoxy) is 2. The number of aliphatic hydroxyl groups excluding tert-OH is 1. The van der Waals surface area contributed by atoms with Crippen LogP contribution >= 0.6 is 0 Å². The minimum atomic E-state index is -3.90. The van der Waals surface area contributed by atoms with E-state index in [9.17, 15) is 21.9 Å². The molecule has 1 aliphatic rings. The minimum absolute atomic E-state index is 0.0839. The Morgan fingerprint density at radius 2 is 1.68 bits per heavy atom. The fraction of sp³-hybridized carbons (Fsp3) is 0.571. The molecule has 0 unspecified atom stereocenters. The molecular formula is C14H20O9S2. The Kier molecular flexibility index (Phi) is 6.54. The zero-order chi connectivity index (χ0) is 18.7. The van der Waals surface area contributed by atoms with Gasteiger partial charge in [-0.1, -0.05) is 30.3 Å². The van der Waals surface area contributed by atoms with Gasteiger partial charge in [0.15, 0.2) is 12.4 Å². The van der Waals surface area contributed by atoms with Crippen LogP contribution in [-0.4, -0.2) is 65.7 Å². The smallest absolute Gasteiger partial charge is 0.264 e. The van der Waals surface area contributed by atoms with Gasteiger partial charge in [-0.25, -0.2) is 0 Å². The summed E-state index contributed by atoms with van der Waals surface area (Å²) in [5.74, 6) is 0. The number of hydrogen-bond donors (Lipinski definition) is 1. The van der Waals surface area contributed by atoms with Crippen molar-refractivity contribution >= 4 is 20.2 Å². The molecule has 1 saturated heterocycles. The second-order valence-corrected chi connectivity index (χ2v) is 8.82. The van der Waals surface area contributed by atoms with E-state index < -0.39 is 51.4 Å². The van der Waals surface area contributed by atoms with Gasteiger partial charge in [0.2, 0.25) is 0 Å². The molecule has 2 rings (SSSR count). The molecule has 142 valence electrons. The van der Waals surface area contributed by atoms with E-state index in [1.807, 2.05) is 6.07 Å². The number of aliphatic hydroxyl groups is 1. The van der Waals surface area contributed by atoms with Crippen molar-refractivity contribution in [2.75, 3.05) is 19.1 Å². The van der Waals surface area contributed by atoms with Crippen molar-refractivity contribution in [2.24, 2.45) is 0 Å². The van der Waals surface area contributed by atoms with Gasteiger partial charge in [-0.3, -0.25) is 8.37 Å². The van der Waals surface area contributed by atoms with Crippen molar-refractivity contribution in [2.45, 2.75) is 31.2 Å². The van der Waals surface area contributed by atoms with Gasteiger partial charge in [0, 0.05) is 0 Å². The molecule has 0 saturated carbocycles. The highest BCUT2D eigenvalue weighted by Crippen LogP contribution is 2.28. The van der Waals surface area contributed by atoms with Gasteiger partial charge in [0.25, 0.3) is 20.2 Å². The first kappa shape index (κ1) is 20.2. The van der Waals surface area contributed by atoms with Crippen molar-refractivity contribution in [3.8, 4) is 0 Å². The fourth-order valence-electron chi connectivity index (χ4n) is 2.31. The summed E-state index contributed by atoms with van der Waals surface area (Å²) in [7, 11) is -7.65. The van der Waals surface area contributed by atoms with E-state index in [-0.39, 0.29) is 6.61 Å². The average molecular weight is 396 g/mol. The van der Waals surface area contributed by atoms with Crippen LogP contribution in [0.1, 0.15) is 5.56 Å². The summed E-state index contributed by atoms with van der Waals surface area (Å²) in [6, 6.07) is 9.01. The van der Waals surface area contributed by atoms with Crippen molar-refractivity contribution < 1.29 is 39.8 Å². The number of benzene rings is 1. The molecule has 11 heteroatoms. The maximum absolute atomic E-state index is 11.4. The molecular weight excluding hydrogens is 376 g/mol. The van der Waals surface area contributed by atoms with Crippen LogP contribution in [-0.2, 0) is 44.7 Å². The molecule has 9 nitrogen and oxygen atoms in total. The molecule has 0 amide bonds. The molecule has 1 aromatic rings. The van der Waals surface area contributed by atoms with Crippen molar-refractivity contribution in [1.82, 2.24) is 0 Å². The first-order chi connectivity index (χ1) is 11.6. The van der Waals surface area contributed by atoms with Gasteiger partial charge < -0.3 is 14.6 Å². The predicted octanol–water partition coefficient (Wildman–Crippen LogP) is -0.390. The molecule has 0 aromatic heterocycles. The van der Waals surface area contributed by atoms with Crippen molar-refractivity contribution in [3.05, 3.63) is 35.9 Å². The summed E-state index contributed by atoms with van der Waals surface area (Å²) in [6.07, 6.45) is -3.33. The first-order valence-corrected chi connectivity index (χ1v) is 10.9. The predicted molar refractivity (Wildman–Crippen MR) is 86.4 cm³/mol. The quantitative estimate of drug-likeness (QED) is 0.585. The lowest BCUT2D eigenvalue weighted by Gasteiger charge is -2.22. The highest BCUT2D eigenvalue weighted by atomic mass is 32.2. The maximum Gasteiger partial charge on any atom is 0.264 e. The van der Waals surface area contributed by atoms with Crippen molar-refractivity contribution in [1.29, 1.82) is 0 Å². The summed E-state index contributed by atoms with van der Waals surface area (Å²) in [4.78, 5) is 0. The third-order valence-corrected chi connectivity index (χ3v) is 4.44. The van der Waals surface area contributed by atoms with E-state index in [1.54, 1.807) is 24.3 Å². The molecule has 1 fully saturated rings. The molecule has 1 aliphatic heterocycles. The Labute approximate surface area is 146 Å². The number of rotatable bonds is 8. The van der Waals surface area contributed by atoms with Crippen LogP contribution in [0, 0.1) is 0 Å². The van der Waals surface area contributed by atoms with Gasteiger partial charge in [-0.2, -0.15) is 16.8 Å². The summed E-state index contributed by atoms with van der Waals surface area (Å²) < 4.78 is 65.5. The van der Waals surface area contributed by atoms with Crippen LogP contribution < -0.4 is 0 Å². The molecule has 4 atom stereocenters. The molecule has 1 aromatic carbocycles. The molecule has 25 heavy (non-hydrogen) atoms. The van der Waals surface area contributed by atoms with Crippen LogP contribution in [0.2, 0.25) is 0 Å². The average Bonchev–Trinajstić information content (AvgIpc) is 2.78. The van der Waals surface area contributed by atoms with Crippen LogP contribution in [0.15, 0.2) is 30.3 Å². The van der Waals surface area contributed by atoms with E-state index in [4.69, 9.17) is 13.7 Å². The van der Waals surface area contributed by atoms with Gasteiger partial charge in [-0.05, 0) is 5.56 Å². The third-order valence-electron chi connectivity index (χ3n) is 3.30.